The number of nitrogens with zero attached hydrogens (tertiary/aromatic N) is 6. The molecule has 0 saturated heterocycles. The fourth-order valence-corrected chi connectivity index (χ4v) is 4.93. The van der Waals surface area contributed by atoms with Crippen LogP contribution < -0.4 is 4.90 Å². The number of fused-ring (bicyclic) bond motifs is 2. The third-order valence-corrected chi connectivity index (χ3v) is 6.44. The van der Waals surface area contributed by atoms with E-state index in [1.807, 2.05) is 13.8 Å². The molecule has 0 radical (unpaired) electrons. The fraction of sp³-hybridized carbons (Fsp3) is 0.450. The standard InChI is InChI=1S/C20H24N6OS/c1-4-11-25(20-24-16-7-5-6-8-17(16)28-20)18(27)10-9-15-13(2)23-19-21-12-22-26(19)14(15)3/h4,12H,1,5-11H2,2-3H3. The van der Waals surface area contributed by atoms with Crippen LogP contribution in [0, 0.1) is 13.8 Å². The molecule has 7 nitrogen and oxygen atoms in total. The summed E-state index contributed by atoms with van der Waals surface area (Å²) in [5.74, 6) is 0.648. The van der Waals surface area contributed by atoms with Gasteiger partial charge in [-0.1, -0.05) is 6.08 Å². The number of hydrogen-bond acceptors (Lipinski definition) is 6. The van der Waals surface area contributed by atoms with Gasteiger partial charge in [0.05, 0.1) is 5.69 Å². The number of amides is 1. The molecule has 1 amide bonds. The highest BCUT2D eigenvalue weighted by atomic mass is 32.1. The molecule has 0 unspecified atom stereocenters. The number of hydrogen-bond donors (Lipinski definition) is 0. The number of anilines is 1. The van der Waals surface area contributed by atoms with E-state index in [1.165, 1.54) is 29.7 Å². The van der Waals surface area contributed by atoms with Crippen molar-refractivity contribution in [3.63, 3.8) is 0 Å². The molecule has 3 heterocycles. The van der Waals surface area contributed by atoms with Gasteiger partial charge < -0.3 is 0 Å². The number of thiazole rings is 1. The van der Waals surface area contributed by atoms with Crippen LogP contribution in [0.2, 0.25) is 0 Å². The SMILES string of the molecule is C=CCN(C(=O)CCc1c(C)nc2ncnn2c1C)c1nc2c(s1)CCCC2. The van der Waals surface area contributed by atoms with Crippen molar-refractivity contribution in [3.8, 4) is 0 Å². The average Bonchev–Trinajstić information content (AvgIpc) is 3.32. The van der Waals surface area contributed by atoms with Gasteiger partial charge in [0.2, 0.25) is 5.91 Å². The highest BCUT2D eigenvalue weighted by molar-refractivity contribution is 7.16. The lowest BCUT2D eigenvalue weighted by molar-refractivity contribution is -0.118. The van der Waals surface area contributed by atoms with Crippen molar-refractivity contribution in [1.82, 2.24) is 24.6 Å². The van der Waals surface area contributed by atoms with Crippen LogP contribution in [-0.4, -0.2) is 37.0 Å². The minimum absolute atomic E-state index is 0.0588. The first-order chi connectivity index (χ1) is 13.6. The second-order valence-electron chi connectivity index (χ2n) is 7.10. The van der Waals surface area contributed by atoms with Gasteiger partial charge in [0.15, 0.2) is 5.13 Å². The van der Waals surface area contributed by atoms with Gasteiger partial charge in [0.1, 0.15) is 6.33 Å². The lowest BCUT2D eigenvalue weighted by atomic mass is 10.0. The first-order valence-corrected chi connectivity index (χ1v) is 10.5. The van der Waals surface area contributed by atoms with E-state index in [1.54, 1.807) is 26.8 Å². The van der Waals surface area contributed by atoms with Crippen LogP contribution in [0.4, 0.5) is 5.13 Å². The number of rotatable bonds is 6. The molecule has 0 N–H and O–H groups in total. The summed E-state index contributed by atoms with van der Waals surface area (Å²) in [6, 6.07) is 0. The summed E-state index contributed by atoms with van der Waals surface area (Å²) in [6.07, 6.45) is 8.74. The van der Waals surface area contributed by atoms with Crippen molar-refractivity contribution >= 4 is 28.2 Å². The van der Waals surface area contributed by atoms with E-state index < -0.39 is 0 Å². The number of carbonyl (C=O) groups excluding carboxylic acids is 1. The van der Waals surface area contributed by atoms with Gasteiger partial charge in [0.25, 0.3) is 5.78 Å². The van der Waals surface area contributed by atoms with E-state index in [-0.39, 0.29) is 5.91 Å². The highest BCUT2D eigenvalue weighted by Gasteiger charge is 2.23. The maximum Gasteiger partial charge on any atom is 0.252 e. The Balaban J connectivity index is 1.54. The smallest absolute Gasteiger partial charge is 0.252 e. The molecule has 0 aromatic carbocycles. The van der Waals surface area contributed by atoms with E-state index in [2.05, 4.69) is 21.6 Å². The molecule has 0 saturated carbocycles. The molecule has 4 rings (SSSR count). The number of carbonyl (C=O) groups is 1. The second-order valence-corrected chi connectivity index (χ2v) is 8.16. The summed E-state index contributed by atoms with van der Waals surface area (Å²) in [7, 11) is 0. The van der Waals surface area contributed by atoms with E-state index in [9.17, 15) is 4.79 Å². The minimum Gasteiger partial charge on any atom is -0.284 e. The molecule has 0 bridgehead atoms. The average molecular weight is 397 g/mol. The number of aryl methyl sites for hydroxylation is 4. The van der Waals surface area contributed by atoms with Crippen molar-refractivity contribution in [2.45, 2.75) is 52.4 Å². The molecule has 0 aliphatic heterocycles. The molecule has 28 heavy (non-hydrogen) atoms. The van der Waals surface area contributed by atoms with Crippen LogP contribution in [0.1, 0.15) is 46.8 Å². The normalized spacial score (nSPS) is 13.5. The van der Waals surface area contributed by atoms with Crippen LogP contribution >= 0.6 is 11.3 Å². The summed E-state index contributed by atoms with van der Waals surface area (Å²) in [5.41, 5.74) is 4.09. The van der Waals surface area contributed by atoms with Gasteiger partial charge in [0, 0.05) is 29.2 Å². The molecule has 1 aliphatic rings. The van der Waals surface area contributed by atoms with Crippen molar-refractivity contribution in [2.75, 3.05) is 11.4 Å². The Morgan fingerprint density at radius 3 is 2.93 bits per heavy atom. The summed E-state index contributed by atoms with van der Waals surface area (Å²) in [6.45, 7) is 8.24. The van der Waals surface area contributed by atoms with Crippen LogP contribution in [0.15, 0.2) is 19.0 Å². The monoisotopic (exact) mass is 396 g/mol. The lowest BCUT2D eigenvalue weighted by Gasteiger charge is -2.18. The van der Waals surface area contributed by atoms with Crippen LogP contribution in [-0.2, 0) is 24.1 Å². The maximum atomic E-state index is 13.0. The quantitative estimate of drug-likeness (QED) is 0.598. The van der Waals surface area contributed by atoms with Gasteiger partial charge in [-0.15, -0.1) is 17.9 Å². The largest absolute Gasteiger partial charge is 0.284 e. The molecule has 146 valence electrons. The maximum absolute atomic E-state index is 13.0. The summed E-state index contributed by atoms with van der Waals surface area (Å²) in [4.78, 5) is 29.5. The van der Waals surface area contributed by atoms with Gasteiger partial charge in [-0.3, -0.25) is 9.69 Å². The van der Waals surface area contributed by atoms with Crippen LogP contribution in [0.3, 0.4) is 0 Å². The van der Waals surface area contributed by atoms with E-state index in [4.69, 9.17) is 4.98 Å². The summed E-state index contributed by atoms with van der Waals surface area (Å²) < 4.78 is 1.73. The predicted molar refractivity (Wildman–Crippen MR) is 110 cm³/mol. The fourth-order valence-electron chi connectivity index (χ4n) is 3.75. The Kier molecular flexibility index (Phi) is 5.21. The summed E-state index contributed by atoms with van der Waals surface area (Å²) >= 11 is 1.65. The predicted octanol–water partition coefficient (Wildman–Crippen LogP) is 3.23. The van der Waals surface area contributed by atoms with Crippen LogP contribution in [0.5, 0.6) is 0 Å². The molecule has 1 aliphatic carbocycles. The zero-order valence-electron chi connectivity index (χ0n) is 16.3. The first-order valence-electron chi connectivity index (χ1n) is 9.64. The Morgan fingerprint density at radius 2 is 2.14 bits per heavy atom. The van der Waals surface area contributed by atoms with E-state index in [0.29, 0.717) is 25.2 Å². The Hall–Kier alpha value is -2.61. The van der Waals surface area contributed by atoms with E-state index >= 15 is 0 Å². The molecule has 8 heteroatoms. The second kappa shape index (κ2) is 7.79. The minimum atomic E-state index is 0.0588. The van der Waals surface area contributed by atoms with Gasteiger partial charge in [-0.2, -0.15) is 10.1 Å². The molecule has 3 aromatic rings. The van der Waals surface area contributed by atoms with Gasteiger partial charge in [-0.25, -0.2) is 14.5 Å². The van der Waals surface area contributed by atoms with Crippen molar-refractivity contribution in [1.29, 1.82) is 0 Å². The third-order valence-electron chi connectivity index (χ3n) is 5.26. The Morgan fingerprint density at radius 1 is 1.32 bits per heavy atom. The van der Waals surface area contributed by atoms with E-state index in [0.717, 1.165) is 34.9 Å². The third kappa shape index (κ3) is 3.44. The zero-order chi connectivity index (χ0) is 19.7. The first kappa shape index (κ1) is 18.7. The molecule has 0 fully saturated rings. The topological polar surface area (TPSA) is 76.3 Å². The van der Waals surface area contributed by atoms with Crippen molar-refractivity contribution < 1.29 is 4.79 Å². The van der Waals surface area contributed by atoms with Gasteiger partial charge >= 0.3 is 0 Å². The van der Waals surface area contributed by atoms with Crippen molar-refractivity contribution in [3.05, 3.63) is 46.5 Å². The lowest BCUT2D eigenvalue weighted by Crippen LogP contribution is -2.31. The Labute approximate surface area is 168 Å². The Bertz CT molecular complexity index is 1010. The van der Waals surface area contributed by atoms with Crippen LogP contribution in [0.25, 0.3) is 5.78 Å². The zero-order valence-corrected chi connectivity index (χ0v) is 17.1. The van der Waals surface area contributed by atoms with Crippen molar-refractivity contribution in [2.24, 2.45) is 0 Å². The highest BCUT2D eigenvalue weighted by Crippen LogP contribution is 2.32. The number of aromatic nitrogens is 5. The molecular formula is C20H24N6OS. The molecule has 3 aromatic heterocycles. The molecule has 0 spiro atoms. The molecular weight excluding hydrogens is 372 g/mol. The summed E-state index contributed by atoms with van der Waals surface area (Å²) in [5, 5.41) is 5.02. The molecule has 0 atom stereocenters. The van der Waals surface area contributed by atoms with Gasteiger partial charge in [-0.05, 0) is 51.5 Å².